The van der Waals surface area contributed by atoms with Crippen LogP contribution in [0.4, 0.5) is 0 Å². The minimum atomic E-state index is 0.346. The summed E-state index contributed by atoms with van der Waals surface area (Å²) >= 11 is 0. The summed E-state index contributed by atoms with van der Waals surface area (Å²) in [6, 6.07) is 4.59. The van der Waals surface area contributed by atoms with Gasteiger partial charge >= 0.3 is 0 Å². The van der Waals surface area contributed by atoms with E-state index < -0.39 is 0 Å². The second-order valence-electron chi connectivity index (χ2n) is 7.26. The molecule has 0 saturated carbocycles. The molecule has 19 heavy (non-hydrogen) atoms. The Bertz CT molecular complexity index is 625. The van der Waals surface area contributed by atoms with Crippen LogP contribution in [0.5, 0.6) is 0 Å². The molecule has 1 aromatic heterocycles. The highest BCUT2D eigenvalue weighted by Crippen LogP contribution is 2.45. The molecule has 0 radical (unpaired) electrons. The van der Waals surface area contributed by atoms with Gasteiger partial charge in [-0.05, 0) is 55.2 Å². The monoisotopic (exact) mass is 255 g/mol. The molecule has 0 saturated heterocycles. The van der Waals surface area contributed by atoms with Crippen LogP contribution >= 0.6 is 0 Å². The molecule has 0 amide bonds. The van der Waals surface area contributed by atoms with E-state index in [-0.39, 0.29) is 0 Å². The third kappa shape index (κ3) is 1.91. The Morgan fingerprint density at radius 2 is 1.89 bits per heavy atom. The molecule has 1 aliphatic carbocycles. The zero-order valence-corrected chi connectivity index (χ0v) is 12.9. The molecular weight excluding hydrogens is 230 g/mol. The molecular formula is C18H25N. The number of aromatic nitrogens is 1. The van der Waals surface area contributed by atoms with E-state index in [1.54, 1.807) is 5.56 Å². The normalized spacial score (nSPS) is 19.7. The Morgan fingerprint density at radius 3 is 2.58 bits per heavy atom. The molecule has 1 aromatic carbocycles. The SMILES string of the molecule is Cc1ccc2c3c([nH]c2c1C)C(C(C)(C)C)CCC3. The quantitative estimate of drug-likeness (QED) is 0.661. The second-order valence-corrected chi connectivity index (χ2v) is 7.26. The lowest BCUT2D eigenvalue weighted by molar-refractivity contribution is 0.285. The van der Waals surface area contributed by atoms with Gasteiger partial charge in [-0.2, -0.15) is 0 Å². The first-order valence-electron chi connectivity index (χ1n) is 7.50. The number of aryl methyl sites for hydroxylation is 3. The minimum absolute atomic E-state index is 0.346. The number of fused-ring (bicyclic) bond motifs is 3. The summed E-state index contributed by atoms with van der Waals surface area (Å²) in [5.74, 6) is 0.670. The summed E-state index contributed by atoms with van der Waals surface area (Å²) in [5, 5.41) is 1.46. The van der Waals surface area contributed by atoms with Crippen molar-refractivity contribution in [3.05, 3.63) is 34.5 Å². The molecule has 1 atom stereocenters. The maximum absolute atomic E-state index is 3.78. The van der Waals surface area contributed by atoms with Crippen LogP contribution < -0.4 is 0 Å². The van der Waals surface area contributed by atoms with E-state index in [9.17, 15) is 0 Å². The Kier molecular flexibility index (Phi) is 2.78. The van der Waals surface area contributed by atoms with E-state index in [1.165, 1.54) is 47.0 Å². The first-order chi connectivity index (χ1) is 8.89. The van der Waals surface area contributed by atoms with Gasteiger partial charge < -0.3 is 4.98 Å². The van der Waals surface area contributed by atoms with Crippen LogP contribution in [-0.4, -0.2) is 4.98 Å². The summed E-state index contributed by atoms with van der Waals surface area (Å²) in [6.07, 6.45) is 3.89. The molecule has 0 bridgehead atoms. The van der Waals surface area contributed by atoms with Crippen molar-refractivity contribution in [1.82, 2.24) is 4.98 Å². The fourth-order valence-electron chi connectivity index (χ4n) is 3.64. The third-order valence-corrected chi connectivity index (χ3v) is 4.96. The smallest absolute Gasteiger partial charge is 0.0491 e. The van der Waals surface area contributed by atoms with E-state index >= 15 is 0 Å². The van der Waals surface area contributed by atoms with E-state index in [2.05, 4.69) is 51.7 Å². The summed E-state index contributed by atoms with van der Waals surface area (Å²) in [5.41, 5.74) is 7.63. The number of H-pyrrole nitrogens is 1. The van der Waals surface area contributed by atoms with Crippen LogP contribution in [0.15, 0.2) is 12.1 Å². The number of aromatic amines is 1. The Hall–Kier alpha value is -1.24. The van der Waals surface area contributed by atoms with Gasteiger partial charge in [0, 0.05) is 22.5 Å². The van der Waals surface area contributed by atoms with E-state index in [0.717, 1.165) is 0 Å². The first kappa shape index (κ1) is 12.8. The minimum Gasteiger partial charge on any atom is -0.358 e. The number of nitrogens with one attached hydrogen (secondary N) is 1. The number of benzene rings is 1. The van der Waals surface area contributed by atoms with Crippen molar-refractivity contribution in [2.45, 2.75) is 59.8 Å². The molecule has 1 nitrogen and oxygen atoms in total. The van der Waals surface area contributed by atoms with E-state index in [4.69, 9.17) is 0 Å². The largest absolute Gasteiger partial charge is 0.358 e. The van der Waals surface area contributed by atoms with Crippen molar-refractivity contribution in [2.75, 3.05) is 0 Å². The highest BCUT2D eigenvalue weighted by atomic mass is 14.8. The molecule has 0 fully saturated rings. The number of hydrogen-bond donors (Lipinski definition) is 1. The predicted molar refractivity (Wildman–Crippen MR) is 82.9 cm³/mol. The maximum atomic E-state index is 3.78. The summed E-state index contributed by atoms with van der Waals surface area (Å²) < 4.78 is 0. The average molecular weight is 255 g/mol. The third-order valence-electron chi connectivity index (χ3n) is 4.96. The standard InChI is InChI=1S/C18H25N/c1-11-9-10-14-13-7-6-8-15(18(3,4)5)17(13)19-16(14)12(11)2/h9-10,15,19H,6-8H2,1-5H3. The molecule has 102 valence electrons. The molecule has 1 aliphatic rings. The maximum Gasteiger partial charge on any atom is 0.0491 e. The van der Waals surface area contributed by atoms with E-state index in [1.807, 2.05) is 0 Å². The lowest BCUT2D eigenvalue weighted by Crippen LogP contribution is -2.22. The number of hydrogen-bond acceptors (Lipinski definition) is 0. The fourth-order valence-corrected chi connectivity index (χ4v) is 3.64. The van der Waals surface area contributed by atoms with Crippen molar-refractivity contribution in [3.8, 4) is 0 Å². The van der Waals surface area contributed by atoms with Crippen molar-refractivity contribution < 1.29 is 0 Å². The van der Waals surface area contributed by atoms with Crippen molar-refractivity contribution in [3.63, 3.8) is 0 Å². The Balaban J connectivity index is 2.26. The van der Waals surface area contributed by atoms with Gasteiger partial charge in [0.15, 0.2) is 0 Å². The Morgan fingerprint density at radius 1 is 1.16 bits per heavy atom. The summed E-state index contributed by atoms with van der Waals surface area (Å²) in [7, 11) is 0. The van der Waals surface area contributed by atoms with Crippen molar-refractivity contribution >= 4 is 10.9 Å². The van der Waals surface area contributed by atoms with Crippen LogP contribution in [0, 0.1) is 19.3 Å². The van der Waals surface area contributed by atoms with Gasteiger partial charge in [0.25, 0.3) is 0 Å². The van der Waals surface area contributed by atoms with Gasteiger partial charge in [0.2, 0.25) is 0 Å². The van der Waals surface area contributed by atoms with Gasteiger partial charge in [-0.1, -0.05) is 32.9 Å². The molecule has 3 rings (SSSR count). The van der Waals surface area contributed by atoms with Crippen molar-refractivity contribution in [2.24, 2.45) is 5.41 Å². The van der Waals surface area contributed by atoms with Crippen LogP contribution in [0.25, 0.3) is 10.9 Å². The van der Waals surface area contributed by atoms with Gasteiger partial charge in [-0.3, -0.25) is 0 Å². The lowest BCUT2D eigenvalue weighted by Gasteiger charge is -2.34. The molecule has 1 N–H and O–H groups in total. The highest BCUT2D eigenvalue weighted by Gasteiger charge is 2.32. The van der Waals surface area contributed by atoms with Crippen LogP contribution in [0.1, 0.15) is 61.9 Å². The molecule has 1 heterocycles. The fraction of sp³-hybridized carbons (Fsp3) is 0.556. The summed E-state index contributed by atoms with van der Waals surface area (Å²) in [4.78, 5) is 3.78. The molecule has 1 heteroatoms. The zero-order valence-electron chi connectivity index (χ0n) is 12.9. The van der Waals surface area contributed by atoms with Gasteiger partial charge in [0.1, 0.15) is 0 Å². The predicted octanol–water partition coefficient (Wildman–Crippen LogP) is 5.25. The van der Waals surface area contributed by atoms with E-state index in [0.29, 0.717) is 11.3 Å². The number of rotatable bonds is 0. The van der Waals surface area contributed by atoms with Crippen LogP contribution in [-0.2, 0) is 6.42 Å². The van der Waals surface area contributed by atoms with Crippen LogP contribution in [0.2, 0.25) is 0 Å². The summed E-state index contributed by atoms with van der Waals surface area (Å²) in [6.45, 7) is 11.6. The average Bonchev–Trinajstić information content (AvgIpc) is 2.71. The Labute approximate surface area is 116 Å². The molecule has 0 aliphatic heterocycles. The zero-order chi connectivity index (χ0) is 13.8. The van der Waals surface area contributed by atoms with Gasteiger partial charge in [-0.15, -0.1) is 0 Å². The molecule has 0 spiro atoms. The lowest BCUT2D eigenvalue weighted by atomic mass is 9.72. The molecule has 2 aromatic rings. The van der Waals surface area contributed by atoms with Crippen molar-refractivity contribution in [1.29, 1.82) is 0 Å². The van der Waals surface area contributed by atoms with Gasteiger partial charge in [-0.25, -0.2) is 0 Å². The van der Waals surface area contributed by atoms with Crippen LogP contribution in [0.3, 0.4) is 0 Å². The highest BCUT2D eigenvalue weighted by molar-refractivity contribution is 5.88. The topological polar surface area (TPSA) is 15.8 Å². The second kappa shape index (κ2) is 4.13. The molecule has 1 unspecified atom stereocenters. The van der Waals surface area contributed by atoms with Gasteiger partial charge in [0.05, 0.1) is 0 Å². The first-order valence-corrected chi connectivity index (χ1v) is 7.50.